The number of fused-ring (bicyclic) bond motifs is 1. The van der Waals surface area contributed by atoms with Crippen LogP contribution in [0.25, 0.3) is 5.82 Å². The molecule has 31 heavy (non-hydrogen) atoms. The van der Waals surface area contributed by atoms with E-state index in [0.29, 0.717) is 44.4 Å². The third kappa shape index (κ3) is 4.16. The minimum Gasteiger partial charge on any atom is -0.363 e. The highest BCUT2D eigenvalue weighted by Gasteiger charge is 2.31. The van der Waals surface area contributed by atoms with Crippen molar-refractivity contribution < 1.29 is 9.53 Å². The molecule has 8 nitrogen and oxygen atoms in total. The van der Waals surface area contributed by atoms with E-state index in [4.69, 9.17) is 4.74 Å². The number of benzene rings is 1. The highest BCUT2D eigenvalue weighted by Crippen LogP contribution is 2.24. The molecule has 160 valence electrons. The molecule has 0 radical (unpaired) electrons. The van der Waals surface area contributed by atoms with Crippen LogP contribution in [0.15, 0.2) is 59.7 Å². The van der Waals surface area contributed by atoms with Crippen molar-refractivity contribution in [3.8, 4) is 5.82 Å². The molecule has 4 heterocycles. The molecule has 2 aliphatic rings. The van der Waals surface area contributed by atoms with Crippen molar-refractivity contribution in [2.75, 3.05) is 13.1 Å². The lowest BCUT2D eigenvalue weighted by atomic mass is 9.95. The first-order valence-corrected chi connectivity index (χ1v) is 10.7. The summed E-state index contributed by atoms with van der Waals surface area (Å²) in [6.07, 6.45) is 5.39. The predicted molar refractivity (Wildman–Crippen MR) is 114 cm³/mol. The summed E-state index contributed by atoms with van der Waals surface area (Å²) in [6.45, 7) is 2.39. The van der Waals surface area contributed by atoms with E-state index >= 15 is 0 Å². The zero-order chi connectivity index (χ0) is 21.2. The minimum absolute atomic E-state index is 0.0731. The van der Waals surface area contributed by atoms with Crippen LogP contribution in [0.1, 0.15) is 24.0 Å². The van der Waals surface area contributed by atoms with Gasteiger partial charge in [0.05, 0.1) is 6.61 Å². The van der Waals surface area contributed by atoms with Gasteiger partial charge in [0.15, 0.2) is 5.82 Å². The summed E-state index contributed by atoms with van der Waals surface area (Å²) in [7, 11) is 0. The Hall–Kier alpha value is -3.26. The molecule has 1 saturated heterocycles. The van der Waals surface area contributed by atoms with Crippen LogP contribution in [0.3, 0.4) is 0 Å². The first-order chi connectivity index (χ1) is 15.2. The Balaban J connectivity index is 1.19. The summed E-state index contributed by atoms with van der Waals surface area (Å²) in [6, 6.07) is 13.2. The standard InChI is InChI=1S/C23H25N5O3/c29-22-7-6-21(27-11-3-10-24-27)25-28(22)15-17-8-12-26(13-9-17)23(30)20-14-18-4-1-2-5-19(18)16-31-20/h1-7,10-11,17,20H,8-9,12-16H2. The number of carbonyl (C=O) groups is 1. The highest BCUT2D eigenvalue weighted by molar-refractivity contribution is 5.81. The lowest BCUT2D eigenvalue weighted by Gasteiger charge is -2.35. The number of likely N-dealkylation sites (tertiary alicyclic amines) is 1. The average Bonchev–Trinajstić information content (AvgIpc) is 3.35. The second-order valence-electron chi connectivity index (χ2n) is 8.20. The molecule has 0 aliphatic carbocycles. The van der Waals surface area contributed by atoms with Crippen molar-refractivity contribution in [3.63, 3.8) is 0 Å². The van der Waals surface area contributed by atoms with Crippen LogP contribution in [-0.2, 0) is 29.1 Å². The van der Waals surface area contributed by atoms with Crippen molar-refractivity contribution in [3.05, 3.63) is 76.3 Å². The van der Waals surface area contributed by atoms with E-state index in [1.807, 2.05) is 23.1 Å². The molecule has 5 rings (SSSR count). The van der Waals surface area contributed by atoms with Gasteiger partial charge in [-0.25, -0.2) is 9.36 Å². The molecule has 0 saturated carbocycles. The van der Waals surface area contributed by atoms with Gasteiger partial charge in [0, 0.05) is 44.5 Å². The number of carbonyl (C=O) groups excluding carboxylic acids is 1. The predicted octanol–water partition coefficient (Wildman–Crippen LogP) is 1.81. The fourth-order valence-electron chi connectivity index (χ4n) is 4.38. The fraction of sp³-hybridized carbons (Fsp3) is 0.391. The van der Waals surface area contributed by atoms with Crippen LogP contribution >= 0.6 is 0 Å². The van der Waals surface area contributed by atoms with Crippen molar-refractivity contribution in [2.45, 2.75) is 38.5 Å². The Morgan fingerprint density at radius 3 is 2.65 bits per heavy atom. The normalized spacial score (nSPS) is 19.2. The van der Waals surface area contributed by atoms with Crippen molar-refractivity contribution in [1.29, 1.82) is 0 Å². The Morgan fingerprint density at radius 2 is 1.87 bits per heavy atom. The van der Waals surface area contributed by atoms with Gasteiger partial charge in [0.1, 0.15) is 6.10 Å². The zero-order valence-electron chi connectivity index (χ0n) is 17.3. The number of hydrogen-bond donors (Lipinski definition) is 0. The van der Waals surface area contributed by atoms with Gasteiger partial charge in [-0.1, -0.05) is 24.3 Å². The maximum atomic E-state index is 13.0. The smallest absolute Gasteiger partial charge is 0.266 e. The second-order valence-corrected chi connectivity index (χ2v) is 8.20. The summed E-state index contributed by atoms with van der Waals surface area (Å²) in [5, 5.41) is 8.64. The molecule has 2 aliphatic heterocycles. The maximum absolute atomic E-state index is 13.0. The molecule has 0 spiro atoms. The summed E-state index contributed by atoms with van der Waals surface area (Å²) >= 11 is 0. The lowest BCUT2D eigenvalue weighted by molar-refractivity contribution is -0.147. The molecule has 3 aromatic rings. The van der Waals surface area contributed by atoms with Crippen molar-refractivity contribution in [1.82, 2.24) is 24.5 Å². The molecule has 1 fully saturated rings. The van der Waals surface area contributed by atoms with Crippen LogP contribution < -0.4 is 5.56 Å². The Morgan fingerprint density at radius 1 is 1.06 bits per heavy atom. The highest BCUT2D eigenvalue weighted by atomic mass is 16.5. The monoisotopic (exact) mass is 419 g/mol. The zero-order valence-corrected chi connectivity index (χ0v) is 17.3. The van der Waals surface area contributed by atoms with E-state index < -0.39 is 6.10 Å². The van der Waals surface area contributed by atoms with Crippen LogP contribution in [-0.4, -0.2) is 49.6 Å². The lowest BCUT2D eigenvalue weighted by Crippen LogP contribution is -2.47. The van der Waals surface area contributed by atoms with Crippen LogP contribution in [0.4, 0.5) is 0 Å². The van der Waals surface area contributed by atoms with Gasteiger partial charge in [-0.15, -0.1) is 5.10 Å². The summed E-state index contributed by atoms with van der Waals surface area (Å²) in [5.41, 5.74) is 2.24. The summed E-state index contributed by atoms with van der Waals surface area (Å²) in [4.78, 5) is 27.2. The fourth-order valence-corrected chi connectivity index (χ4v) is 4.38. The number of rotatable bonds is 4. The van der Waals surface area contributed by atoms with E-state index in [2.05, 4.69) is 22.3 Å². The third-order valence-electron chi connectivity index (χ3n) is 6.19. The molecular weight excluding hydrogens is 394 g/mol. The van der Waals surface area contributed by atoms with Crippen LogP contribution in [0.5, 0.6) is 0 Å². The molecule has 2 aromatic heterocycles. The Bertz CT molecular complexity index is 1120. The van der Waals surface area contributed by atoms with Gasteiger partial charge in [0.25, 0.3) is 11.5 Å². The molecule has 0 N–H and O–H groups in total. The van der Waals surface area contributed by atoms with Crippen molar-refractivity contribution in [2.24, 2.45) is 5.92 Å². The number of ether oxygens (including phenoxy) is 1. The van der Waals surface area contributed by atoms with Crippen LogP contribution in [0.2, 0.25) is 0 Å². The molecule has 1 unspecified atom stereocenters. The number of nitrogens with zero attached hydrogens (tertiary/aromatic N) is 5. The first-order valence-electron chi connectivity index (χ1n) is 10.7. The van der Waals surface area contributed by atoms with Gasteiger partial charge in [0.2, 0.25) is 0 Å². The molecule has 1 amide bonds. The Labute approximate surface area is 180 Å². The average molecular weight is 419 g/mol. The largest absolute Gasteiger partial charge is 0.363 e. The van der Waals surface area contributed by atoms with E-state index in [1.165, 1.54) is 21.9 Å². The van der Waals surface area contributed by atoms with E-state index in [0.717, 1.165) is 12.8 Å². The van der Waals surface area contributed by atoms with Gasteiger partial charge in [-0.05, 0) is 42.0 Å². The topological polar surface area (TPSA) is 82.2 Å². The molecule has 8 heteroatoms. The van der Waals surface area contributed by atoms with Gasteiger partial charge >= 0.3 is 0 Å². The van der Waals surface area contributed by atoms with Crippen LogP contribution in [0, 0.1) is 5.92 Å². The number of hydrogen-bond acceptors (Lipinski definition) is 5. The SMILES string of the molecule is O=C(C1Cc2ccccc2CO1)N1CCC(Cn2nc(-n3cccn3)ccc2=O)CC1. The van der Waals surface area contributed by atoms with Gasteiger partial charge in [-0.2, -0.15) is 5.10 Å². The van der Waals surface area contributed by atoms with E-state index in [9.17, 15) is 9.59 Å². The Kier molecular flexibility index (Phi) is 5.38. The number of amides is 1. The quantitative estimate of drug-likeness (QED) is 0.644. The third-order valence-corrected chi connectivity index (χ3v) is 6.19. The number of aromatic nitrogens is 4. The molecular formula is C23H25N5O3. The summed E-state index contributed by atoms with van der Waals surface area (Å²) < 4.78 is 9.00. The van der Waals surface area contributed by atoms with E-state index in [-0.39, 0.29) is 11.5 Å². The molecule has 1 aromatic carbocycles. The first kappa shape index (κ1) is 19.7. The summed E-state index contributed by atoms with van der Waals surface area (Å²) in [5.74, 6) is 0.992. The van der Waals surface area contributed by atoms with Crippen molar-refractivity contribution >= 4 is 5.91 Å². The van der Waals surface area contributed by atoms with E-state index in [1.54, 1.807) is 23.1 Å². The number of piperidine rings is 1. The van der Waals surface area contributed by atoms with Gasteiger partial charge in [-0.3, -0.25) is 9.59 Å². The molecule has 0 bridgehead atoms. The van der Waals surface area contributed by atoms with Gasteiger partial charge < -0.3 is 9.64 Å². The second kappa shape index (κ2) is 8.47. The minimum atomic E-state index is -0.401. The maximum Gasteiger partial charge on any atom is 0.266 e. The molecule has 1 atom stereocenters.